The molecule has 0 bridgehead atoms. The van der Waals surface area contributed by atoms with E-state index in [-0.39, 0.29) is 17.9 Å². The Hall–Kier alpha value is -1.61. The van der Waals surface area contributed by atoms with Crippen molar-refractivity contribution in [1.82, 2.24) is 0 Å². The molecule has 0 spiro atoms. The molecule has 2 aromatic carbocycles. The van der Waals surface area contributed by atoms with Crippen LogP contribution in [0.3, 0.4) is 0 Å². The van der Waals surface area contributed by atoms with Crippen molar-refractivity contribution >= 4 is 11.6 Å². The maximum Gasteiger partial charge on any atom is 0.165 e. The molecular weight excluding hydrogens is 270 g/mol. The fraction of sp³-hybridized carbons (Fsp3) is 0.200. The van der Waals surface area contributed by atoms with Gasteiger partial charge < -0.3 is 4.74 Å². The summed E-state index contributed by atoms with van der Waals surface area (Å²) in [4.78, 5) is 0. The molecular formula is C15H13ClF2O. The zero-order valence-corrected chi connectivity index (χ0v) is 11.1. The zero-order valence-electron chi connectivity index (χ0n) is 10.4. The molecule has 1 atom stereocenters. The van der Waals surface area contributed by atoms with Gasteiger partial charge in [0.25, 0.3) is 0 Å². The van der Waals surface area contributed by atoms with Crippen LogP contribution in [0.25, 0.3) is 0 Å². The van der Waals surface area contributed by atoms with Gasteiger partial charge in [-0.2, -0.15) is 0 Å². The molecule has 0 radical (unpaired) electrons. The van der Waals surface area contributed by atoms with Gasteiger partial charge >= 0.3 is 0 Å². The van der Waals surface area contributed by atoms with Crippen LogP contribution in [0, 0.1) is 11.6 Å². The number of rotatable bonds is 4. The Labute approximate surface area is 115 Å². The number of alkyl halides is 1. The smallest absolute Gasteiger partial charge is 0.165 e. The molecule has 19 heavy (non-hydrogen) atoms. The van der Waals surface area contributed by atoms with Crippen LogP contribution in [-0.2, 0) is 6.61 Å². The summed E-state index contributed by atoms with van der Waals surface area (Å²) >= 11 is 5.88. The Bertz CT molecular complexity index is 556. The molecule has 0 heterocycles. The predicted molar refractivity (Wildman–Crippen MR) is 71.4 cm³/mol. The monoisotopic (exact) mass is 282 g/mol. The van der Waals surface area contributed by atoms with Crippen molar-refractivity contribution in [3.8, 4) is 5.75 Å². The summed E-state index contributed by atoms with van der Waals surface area (Å²) < 4.78 is 32.8. The number of ether oxygens (including phenoxy) is 1. The highest BCUT2D eigenvalue weighted by Gasteiger charge is 2.19. The maximum absolute atomic E-state index is 13.7. The minimum absolute atomic E-state index is 0.0533. The average molecular weight is 283 g/mol. The topological polar surface area (TPSA) is 9.23 Å². The summed E-state index contributed by atoms with van der Waals surface area (Å²) in [7, 11) is 0. The van der Waals surface area contributed by atoms with Crippen molar-refractivity contribution in [2.24, 2.45) is 0 Å². The lowest BCUT2D eigenvalue weighted by Gasteiger charge is -2.14. The van der Waals surface area contributed by atoms with E-state index in [1.165, 1.54) is 0 Å². The SMILES string of the molecule is CC(Cl)c1c(F)ccc(F)c1OCc1ccccc1. The first kappa shape index (κ1) is 13.8. The number of halogens is 3. The minimum atomic E-state index is -0.665. The Kier molecular flexibility index (Phi) is 4.38. The predicted octanol–water partition coefficient (Wildman–Crippen LogP) is 4.84. The molecule has 1 nitrogen and oxygen atoms in total. The van der Waals surface area contributed by atoms with Gasteiger partial charge in [-0.15, -0.1) is 11.6 Å². The summed E-state index contributed by atoms with van der Waals surface area (Å²) in [6.07, 6.45) is 0. The average Bonchev–Trinajstić information content (AvgIpc) is 2.40. The van der Waals surface area contributed by atoms with E-state index in [9.17, 15) is 8.78 Å². The minimum Gasteiger partial charge on any atom is -0.485 e. The Balaban J connectivity index is 2.27. The van der Waals surface area contributed by atoms with Crippen LogP contribution in [0.1, 0.15) is 23.4 Å². The highest BCUT2D eigenvalue weighted by molar-refractivity contribution is 6.20. The van der Waals surface area contributed by atoms with Crippen LogP contribution in [0.2, 0.25) is 0 Å². The van der Waals surface area contributed by atoms with Gasteiger partial charge in [-0.3, -0.25) is 0 Å². The van der Waals surface area contributed by atoms with Crippen molar-refractivity contribution in [2.75, 3.05) is 0 Å². The second-order valence-electron chi connectivity index (χ2n) is 4.16. The van der Waals surface area contributed by atoms with E-state index in [2.05, 4.69) is 0 Å². The normalized spacial score (nSPS) is 12.2. The third-order valence-electron chi connectivity index (χ3n) is 2.72. The van der Waals surface area contributed by atoms with Crippen LogP contribution in [0.5, 0.6) is 5.75 Å². The summed E-state index contributed by atoms with van der Waals surface area (Å²) in [6, 6.07) is 11.4. The summed E-state index contributed by atoms with van der Waals surface area (Å²) in [5, 5.41) is -0.665. The molecule has 100 valence electrons. The lowest BCUT2D eigenvalue weighted by molar-refractivity contribution is 0.284. The summed E-state index contributed by atoms with van der Waals surface area (Å²) in [5.41, 5.74) is 0.928. The molecule has 2 aromatic rings. The fourth-order valence-corrected chi connectivity index (χ4v) is 2.00. The highest BCUT2D eigenvalue weighted by atomic mass is 35.5. The van der Waals surface area contributed by atoms with Crippen LogP contribution >= 0.6 is 11.6 Å². The molecule has 0 aliphatic rings. The second kappa shape index (κ2) is 6.02. The third-order valence-corrected chi connectivity index (χ3v) is 2.94. The molecule has 0 N–H and O–H groups in total. The van der Waals surface area contributed by atoms with Gasteiger partial charge in [0.05, 0.1) is 10.9 Å². The largest absolute Gasteiger partial charge is 0.485 e. The van der Waals surface area contributed by atoms with Gasteiger partial charge in [-0.25, -0.2) is 8.78 Å². The van der Waals surface area contributed by atoms with Gasteiger partial charge in [0.1, 0.15) is 12.4 Å². The molecule has 0 aromatic heterocycles. The Morgan fingerprint density at radius 2 is 1.68 bits per heavy atom. The van der Waals surface area contributed by atoms with Gasteiger partial charge in [-0.1, -0.05) is 30.3 Å². The first-order chi connectivity index (χ1) is 9.09. The standard InChI is InChI=1S/C15H13ClF2O/c1-10(16)14-12(17)7-8-13(18)15(14)19-9-11-5-3-2-4-6-11/h2-8,10H,9H2,1H3. The van der Waals surface area contributed by atoms with E-state index >= 15 is 0 Å². The van der Waals surface area contributed by atoms with E-state index in [0.29, 0.717) is 0 Å². The molecule has 4 heteroatoms. The first-order valence-electron chi connectivity index (χ1n) is 5.88. The van der Waals surface area contributed by atoms with Crippen molar-refractivity contribution < 1.29 is 13.5 Å². The van der Waals surface area contributed by atoms with Crippen molar-refractivity contribution in [3.05, 3.63) is 65.2 Å². The van der Waals surface area contributed by atoms with Crippen molar-refractivity contribution in [3.63, 3.8) is 0 Å². The number of hydrogen-bond donors (Lipinski definition) is 0. The maximum atomic E-state index is 13.7. The number of benzene rings is 2. The van der Waals surface area contributed by atoms with Crippen LogP contribution in [-0.4, -0.2) is 0 Å². The Morgan fingerprint density at radius 3 is 2.32 bits per heavy atom. The second-order valence-corrected chi connectivity index (χ2v) is 4.82. The lowest BCUT2D eigenvalue weighted by Crippen LogP contribution is -2.03. The van der Waals surface area contributed by atoms with E-state index in [4.69, 9.17) is 16.3 Å². The summed E-state index contributed by atoms with van der Waals surface area (Å²) in [5.74, 6) is -1.29. The van der Waals surface area contributed by atoms with E-state index < -0.39 is 17.0 Å². The van der Waals surface area contributed by atoms with E-state index in [0.717, 1.165) is 17.7 Å². The van der Waals surface area contributed by atoms with Gasteiger partial charge in [0.15, 0.2) is 11.6 Å². The summed E-state index contributed by atoms with van der Waals surface area (Å²) in [6.45, 7) is 1.74. The molecule has 0 amide bonds. The van der Waals surface area contributed by atoms with Crippen LogP contribution < -0.4 is 4.74 Å². The fourth-order valence-electron chi connectivity index (χ4n) is 1.80. The van der Waals surface area contributed by atoms with Gasteiger partial charge in [0, 0.05) is 0 Å². The lowest BCUT2D eigenvalue weighted by atomic mass is 10.1. The van der Waals surface area contributed by atoms with E-state index in [1.54, 1.807) is 6.92 Å². The third kappa shape index (κ3) is 3.24. The zero-order chi connectivity index (χ0) is 13.8. The number of hydrogen-bond acceptors (Lipinski definition) is 1. The molecule has 0 saturated carbocycles. The molecule has 2 rings (SSSR count). The van der Waals surface area contributed by atoms with Crippen LogP contribution in [0.4, 0.5) is 8.78 Å². The van der Waals surface area contributed by atoms with Crippen molar-refractivity contribution in [1.29, 1.82) is 0 Å². The van der Waals surface area contributed by atoms with E-state index in [1.807, 2.05) is 30.3 Å². The van der Waals surface area contributed by atoms with Gasteiger partial charge in [0.2, 0.25) is 0 Å². The molecule has 0 aliphatic carbocycles. The molecule has 0 fully saturated rings. The quantitative estimate of drug-likeness (QED) is 0.729. The van der Waals surface area contributed by atoms with Crippen molar-refractivity contribution in [2.45, 2.75) is 18.9 Å². The van der Waals surface area contributed by atoms with Crippen LogP contribution in [0.15, 0.2) is 42.5 Å². The molecule has 0 saturated heterocycles. The molecule has 0 aliphatic heterocycles. The highest BCUT2D eigenvalue weighted by Crippen LogP contribution is 2.34. The molecule has 1 unspecified atom stereocenters. The Morgan fingerprint density at radius 1 is 1.05 bits per heavy atom. The van der Waals surface area contributed by atoms with Gasteiger partial charge in [-0.05, 0) is 24.6 Å². The first-order valence-corrected chi connectivity index (χ1v) is 6.32.